The van der Waals surface area contributed by atoms with Gasteiger partial charge in [-0.05, 0) is 55.3 Å². The molecule has 0 bridgehead atoms. The predicted molar refractivity (Wildman–Crippen MR) is 125 cm³/mol. The molecule has 1 amide bonds. The lowest BCUT2D eigenvalue weighted by atomic mass is 10.1. The molecule has 2 aromatic heterocycles. The van der Waals surface area contributed by atoms with Crippen LogP contribution in [0.15, 0.2) is 52.6 Å². The summed E-state index contributed by atoms with van der Waals surface area (Å²) in [5, 5.41) is 5.87. The van der Waals surface area contributed by atoms with Crippen LogP contribution in [-0.4, -0.2) is 22.6 Å². The molecule has 0 aliphatic rings. The molecule has 4 rings (SSSR count). The number of hydrogen-bond donors (Lipinski definition) is 1. The number of rotatable bonds is 5. The second-order valence-corrected chi connectivity index (χ2v) is 8.41. The predicted octanol–water partition coefficient (Wildman–Crippen LogP) is 5.04. The third-order valence-electron chi connectivity index (χ3n) is 5.05. The van der Waals surface area contributed by atoms with Crippen molar-refractivity contribution in [2.75, 3.05) is 12.4 Å². The van der Waals surface area contributed by atoms with Crippen LogP contribution in [0.3, 0.4) is 0 Å². The van der Waals surface area contributed by atoms with Gasteiger partial charge in [0.15, 0.2) is 0 Å². The van der Waals surface area contributed by atoms with Gasteiger partial charge in [-0.15, -0.1) is 11.3 Å². The molecule has 4 aromatic rings. The summed E-state index contributed by atoms with van der Waals surface area (Å²) in [5.41, 5.74) is 2.95. The van der Waals surface area contributed by atoms with E-state index in [4.69, 9.17) is 16.3 Å². The number of thiophene rings is 1. The molecule has 0 unspecified atom stereocenters. The average Bonchev–Trinajstić information content (AvgIpc) is 3.17. The highest BCUT2D eigenvalue weighted by Gasteiger charge is 2.17. The van der Waals surface area contributed by atoms with Crippen LogP contribution in [0.4, 0.5) is 5.69 Å². The molecule has 2 heterocycles. The molecular weight excluding hydrogens is 434 g/mol. The molecule has 0 radical (unpaired) electrons. The molecule has 0 atom stereocenters. The van der Waals surface area contributed by atoms with Crippen molar-refractivity contribution in [3.63, 3.8) is 0 Å². The maximum absolute atomic E-state index is 13.3. The van der Waals surface area contributed by atoms with Crippen molar-refractivity contribution in [1.29, 1.82) is 0 Å². The summed E-state index contributed by atoms with van der Waals surface area (Å²) < 4.78 is 6.62. The minimum Gasteiger partial charge on any atom is -0.497 e. The van der Waals surface area contributed by atoms with E-state index in [-0.39, 0.29) is 18.0 Å². The summed E-state index contributed by atoms with van der Waals surface area (Å²) in [5.74, 6) is 0.922. The van der Waals surface area contributed by atoms with Gasteiger partial charge in [-0.25, -0.2) is 4.98 Å². The van der Waals surface area contributed by atoms with Crippen LogP contribution in [-0.2, 0) is 11.3 Å². The van der Waals surface area contributed by atoms with E-state index in [9.17, 15) is 9.59 Å². The third kappa shape index (κ3) is 4.19. The number of aryl methyl sites for hydroxylation is 2. The molecule has 0 fully saturated rings. The number of halogens is 1. The summed E-state index contributed by atoms with van der Waals surface area (Å²) in [7, 11) is 1.61. The van der Waals surface area contributed by atoms with Crippen molar-refractivity contribution < 1.29 is 9.53 Å². The lowest BCUT2D eigenvalue weighted by Gasteiger charge is -2.12. The Morgan fingerprint density at radius 3 is 2.61 bits per heavy atom. The quantitative estimate of drug-likeness (QED) is 0.459. The molecule has 2 aromatic carbocycles. The van der Waals surface area contributed by atoms with Crippen molar-refractivity contribution >= 4 is 44.7 Å². The minimum atomic E-state index is -0.307. The summed E-state index contributed by atoms with van der Waals surface area (Å²) in [6.45, 7) is 3.46. The fourth-order valence-electron chi connectivity index (χ4n) is 3.40. The molecule has 0 saturated carbocycles. The first kappa shape index (κ1) is 21.1. The average molecular weight is 454 g/mol. The number of anilines is 1. The Bertz CT molecular complexity index is 1340. The molecular formula is C23H20ClN3O3S. The van der Waals surface area contributed by atoms with Crippen molar-refractivity contribution in [3.05, 3.63) is 74.6 Å². The topological polar surface area (TPSA) is 73.2 Å². The highest BCUT2D eigenvalue weighted by atomic mass is 35.5. The number of aromatic nitrogens is 2. The number of benzene rings is 2. The highest BCUT2D eigenvalue weighted by molar-refractivity contribution is 7.17. The number of carbonyl (C=O) groups excluding carboxylic acids is 1. The SMILES string of the molecule is COc1ccc(-c2csc3nc(C)n(CC(=O)Nc4ccc(Cl)cc4C)c(=O)c23)cc1. The molecule has 1 N–H and O–H groups in total. The smallest absolute Gasteiger partial charge is 0.263 e. The molecule has 0 spiro atoms. The summed E-state index contributed by atoms with van der Waals surface area (Å²) in [6, 6.07) is 12.7. The van der Waals surface area contributed by atoms with Gasteiger partial charge in [-0.2, -0.15) is 0 Å². The fraction of sp³-hybridized carbons (Fsp3) is 0.174. The second-order valence-electron chi connectivity index (χ2n) is 7.12. The first-order valence-corrected chi connectivity index (χ1v) is 10.8. The molecule has 0 saturated heterocycles. The van der Waals surface area contributed by atoms with Crippen LogP contribution in [0.5, 0.6) is 5.75 Å². The molecule has 6 nitrogen and oxygen atoms in total. The fourth-order valence-corrected chi connectivity index (χ4v) is 4.61. The van der Waals surface area contributed by atoms with E-state index in [1.165, 1.54) is 15.9 Å². The molecule has 158 valence electrons. The Morgan fingerprint density at radius 2 is 1.94 bits per heavy atom. The van der Waals surface area contributed by atoms with Gasteiger partial charge in [0.05, 0.1) is 12.5 Å². The number of amides is 1. The van der Waals surface area contributed by atoms with Gasteiger partial charge in [0.25, 0.3) is 5.56 Å². The van der Waals surface area contributed by atoms with E-state index in [0.29, 0.717) is 26.8 Å². The van der Waals surface area contributed by atoms with Gasteiger partial charge < -0.3 is 10.1 Å². The second kappa shape index (κ2) is 8.53. The summed E-state index contributed by atoms with van der Waals surface area (Å²) in [4.78, 5) is 31.2. The number of nitrogens with one attached hydrogen (secondary N) is 1. The van der Waals surface area contributed by atoms with Gasteiger partial charge in [0.2, 0.25) is 5.91 Å². The first-order valence-electron chi connectivity index (χ1n) is 9.56. The molecule has 31 heavy (non-hydrogen) atoms. The van der Waals surface area contributed by atoms with Crippen LogP contribution in [0.2, 0.25) is 5.02 Å². The van der Waals surface area contributed by atoms with E-state index in [1.807, 2.05) is 36.6 Å². The van der Waals surface area contributed by atoms with Gasteiger partial charge >= 0.3 is 0 Å². The van der Waals surface area contributed by atoms with E-state index in [2.05, 4.69) is 10.3 Å². The minimum absolute atomic E-state index is 0.131. The Kier molecular flexibility index (Phi) is 5.80. The van der Waals surface area contributed by atoms with E-state index in [0.717, 1.165) is 22.4 Å². The lowest BCUT2D eigenvalue weighted by molar-refractivity contribution is -0.116. The number of fused-ring (bicyclic) bond motifs is 1. The summed E-state index contributed by atoms with van der Waals surface area (Å²) >= 11 is 7.39. The number of nitrogens with zero attached hydrogens (tertiary/aromatic N) is 2. The molecule has 0 aliphatic heterocycles. The summed E-state index contributed by atoms with van der Waals surface area (Å²) in [6.07, 6.45) is 0. The zero-order valence-electron chi connectivity index (χ0n) is 17.2. The number of methoxy groups -OCH3 is 1. The van der Waals surface area contributed by atoms with Gasteiger partial charge in [-0.3, -0.25) is 14.2 Å². The van der Waals surface area contributed by atoms with Crippen LogP contribution >= 0.6 is 22.9 Å². The molecule has 0 aliphatic carbocycles. The third-order valence-corrected chi connectivity index (χ3v) is 6.16. The van der Waals surface area contributed by atoms with E-state index in [1.54, 1.807) is 32.2 Å². The van der Waals surface area contributed by atoms with Crippen molar-refractivity contribution in [2.24, 2.45) is 0 Å². The van der Waals surface area contributed by atoms with Gasteiger partial charge in [0.1, 0.15) is 22.9 Å². The largest absolute Gasteiger partial charge is 0.497 e. The Hall–Kier alpha value is -3.16. The Morgan fingerprint density at radius 1 is 1.19 bits per heavy atom. The first-order chi connectivity index (χ1) is 14.9. The van der Waals surface area contributed by atoms with Crippen molar-refractivity contribution in [3.8, 4) is 16.9 Å². The van der Waals surface area contributed by atoms with Crippen molar-refractivity contribution in [1.82, 2.24) is 9.55 Å². The maximum Gasteiger partial charge on any atom is 0.263 e. The highest BCUT2D eigenvalue weighted by Crippen LogP contribution is 2.32. The van der Waals surface area contributed by atoms with E-state index >= 15 is 0 Å². The normalized spacial score (nSPS) is 11.0. The van der Waals surface area contributed by atoms with Crippen LogP contribution in [0, 0.1) is 13.8 Å². The van der Waals surface area contributed by atoms with Crippen LogP contribution < -0.4 is 15.6 Å². The van der Waals surface area contributed by atoms with Crippen molar-refractivity contribution in [2.45, 2.75) is 20.4 Å². The number of carbonyl (C=O) groups is 1. The standard InChI is InChI=1S/C23H20ClN3O3S/c1-13-10-16(24)6-9-19(13)26-20(28)11-27-14(2)25-22-21(23(27)29)18(12-31-22)15-4-7-17(30-3)8-5-15/h4-10,12H,11H2,1-3H3,(H,26,28). The number of hydrogen-bond acceptors (Lipinski definition) is 5. The zero-order chi connectivity index (χ0) is 22.1. The van der Waals surface area contributed by atoms with Crippen LogP contribution in [0.25, 0.3) is 21.3 Å². The monoisotopic (exact) mass is 453 g/mol. The Labute approximate surface area is 188 Å². The van der Waals surface area contributed by atoms with Gasteiger partial charge in [0, 0.05) is 21.7 Å². The van der Waals surface area contributed by atoms with Crippen LogP contribution in [0.1, 0.15) is 11.4 Å². The molecule has 8 heteroatoms. The lowest BCUT2D eigenvalue weighted by Crippen LogP contribution is -2.30. The van der Waals surface area contributed by atoms with E-state index < -0.39 is 0 Å². The van der Waals surface area contributed by atoms with Gasteiger partial charge in [-0.1, -0.05) is 23.7 Å². The zero-order valence-corrected chi connectivity index (χ0v) is 18.8. The number of ether oxygens (including phenoxy) is 1. The maximum atomic E-state index is 13.3. The Balaban J connectivity index is 1.69.